The van der Waals surface area contributed by atoms with E-state index in [2.05, 4.69) is 28.5 Å². The Kier molecular flexibility index (Phi) is 7.43. The van der Waals surface area contributed by atoms with Crippen molar-refractivity contribution >= 4 is 29.7 Å². The van der Waals surface area contributed by atoms with Crippen molar-refractivity contribution < 1.29 is 23.5 Å². The number of nitrogens with one attached hydrogen (secondary N) is 1. The van der Waals surface area contributed by atoms with E-state index in [1.807, 2.05) is 12.1 Å². The molecule has 2 aromatic carbocycles. The van der Waals surface area contributed by atoms with Gasteiger partial charge in [-0.15, -0.1) is 10.2 Å². The van der Waals surface area contributed by atoms with E-state index in [0.717, 1.165) is 11.1 Å². The number of fused-ring (bicyclic) bond motifs is 1. The molecule has 2 N–H and O–H groups in total. The molecule has 0 unspecified atom stereocenters. The van der Waals surface area contributed by atoms with Gasteiger partial charge in [0.1, 0.15) is 12.2 Å². The summed E-state index contributed by atoms with van der Waals surface area (Å²) < 4.78 is 30.6. The number of halogens is 3. The number of carbonyl (C=O) groups is 2. The van der Waals surface area contributed by atoms with Gasteiger partial charge in [-0.25, -0.2) is 8.78 Å². The number of anilines is 1. The number of rotatable bonds is 7. The minimum atomic E-state index is -2.78. The van der Waals surface area contributed by atoms with Gasteiger partial charge in [0.2, 0.25) is 5.92 Å². The summed E-state index contributed by atoms with van der Waals surface area (Å²) in [5.41, 5.74) is 3.24. The highest BCUT2D eigenvalue weighted by Gasteiger charge is 2.58. The molecule has 0 bridgehead atoms. The van der Waals surface area contributed by atoms with Crippen molar-refractivity contribution in [2.75, 3.05) is 4.90 Å². The van der Waals surface area contributed by atoms with Crippen molar-refractivity contribution in [3.05, 3.63) is 75.8 Å². The van der Waals surface area contributed by atoms with Gasteiger partial charge < -0.3 is 19.9 Å². The van der Waals surface area contributed by atoms with Crippen LogP contribution in [0.3, 0.4) is 0 Å². The van der Waals surface area contributed by atoms with Gasteiger partial charge >= 0.3 is 0 Å². The van der Waals surface area contributed by atoms with Crippen molar-refractivity contribution in [3.8, 4) is 0 Å². The third-order valence-electron chi connectivity index (χ3n) is 8.47. The predicted octanol–water partition coefficient (Wildman–Crippen LogP) is 5.27. The molecule has 0 spiro atoms. The van der Waals surface area contributed by atoms with Crippen molar-refractivity contribution in [2.24, 2.45) is 7.05 Å². The van der Waals surface area contributed by atoms with Crippen LogP contribution in [0.5, 0.6) is 0 Å². The fourth-order valence-corrected chi connectivity index (χ4v) is 6.31. The highest BCUT2D eigenvalue weighted by atomic mass is 35.5. The van der Waals surface area contributed by atoms with Gasteiger partial charge in [0.15, 0.2) is 0 Å². The summed E-state index contributed by atoms with van der Waals surface area (Å²) in [4.78, 5) is 23.7. The zero-order chi connectivity index (χ0) is 28.7. The minimum Gasteiger partial charge on any atom is -0.483 e. The third-order valence-corrected chi connectivity index (χ3v) is 8.71. The van der Waals surface area contributed by atoms with E-state index in [-0.39, 0.29) is 37.2 Å². The van der Waals surface area contributed by atoms with Gasteiger partial charge in [-0.05, 0) is 67.1 Å². The van der Waals surface area contributed by atoms with Gasteiger partial charge in [-0.1, -0.05) is 23.7 Å². The van der Waals surface area contributed by atoms with Gasteiger partial charge in [0.25, 0.3) is 12.4 Å². The van der Waals surface area contributed by atoms with E-state index >= 15 is 0 Å². The molecule has 1 aromatic heterocycles. The van der Waals surface area contributed by atoms with Crippen molar-refractivity contribution in [2.45, 2.75) is 75.4 Å². The lowest BCUT2D eigenvalue weighted by Crippen LogP contribution is -2.51. The molecule has 2 heterocycles. The van der Waals surface area contributed by atoms with E-state index in [9.17, 15) is 13.6 Å². The maximum absolute atomic E-state index is 14.4. The SMILES string of the molecule is Cn1cnnc1CC1(c2cc(Cl)ccc2N2Cc3ccc(CNC4(C)CCC4)cc3C2=O)CC(F)(F)C1.O=CO. The molecule has 2 fully saturated rings. The molecule has 0 atom stereocenters. The summed E-state index contributed by atoms with van der Waals surface area (Å²) in [6.07, 6.45) is 4.77. The molecule has 0 saturated heterocycles. The van der Waals surface area contributed by atoms with Gasteiger partial charge in [-0.3, -0.25) is 9.59 Å². The second-order valence-corrected chi connectivity index (χ2v) is 11.9. The maximum atomic E-state index is 14.4. The molecule has 0 radical (unpaired) electrons. The van der Waals surface area contributed by atoms with E-state index in [1.165, 1.54) is 19.3 Å². The Morgan fingerprint density at radius 3 is 2.50 bits per heavy atom. The predicted molar refractivity (Wildman–Crippen MR) is 147 cm³/mol. The molecule has 3 aliphatic rings. The second kappa shape index (κ2) is 10.6. The quantitative estimate of drug-likeness (QED) is 0.375. The third kappa shape index (κ3) is 5.34. The minimum absolute atomic E-state index is 0.116. The van der Waals surface area contributed by atoms with Crippen LogP contribution in [0.4, 0.5) is 14.5 Å². The van der Waals surface area contributed by atoms with E-state index < -0.39 is 11.3 Å². The molecule has 2 saturated carbocycles. The van der Waals surface area contributed by atoms with E-state index in [0.29, 0.717) is 40.8 Å². The van der Waals surface area contributed by atoms with Gasteiger partial charge in [-0.2, -0.15) is 0 Å². The molecule has 8 nitrogen and oxygen atoms in total. The lowest BCUT2D eigenvalue weighted by atomic mass is 9.59. The molecule has 212 valence electrons. The summed E-state index contributed by atoms with van der Waals surface area (Å²) >= 11 is 6.40. The van der Waals surface area contributed by atoms with E-state index in [1.54, 1.807) is 41.0 Å². The standard InChI is InChI=1S/C28H30ClF2N5O.CH2O2/c1-26(8-3-9-26)32-13-18-4-5-19-14-36(25(37)21(19)10-18)23-7-6-20(29)11-22(23)27(15-28(30,31)16-27)12-24-34-33-17-35(24)2;2-1-3/h4-7,10-11,17,32H,3,8-9,12-16H2,1-2H3;1H,(H,2,3). The molecular weight excluding hydrogens is 540 g/mol. The Balaban J connectivity index is 0.00000103. The first-order chi connectivity index (χ1) is 19.0. The van der Waals surface area contributed by atoms with Gasteiger partial charge in [0, 0.05) is 60.1 Å². The average molecular weight is 572 g/mol. The Hall–Kier alpha value is -3.37. The van der Waals surface area contributed by atoms with E-state index in [4.69, 9.17) is 21.5 Å². The lowest BCUT2D eigenvalue weighted by Gasteiger charge is -2.49. The number of carbonyl (C=O) groups excluding carboxylic acids is 1. The van der Waals surface area contributed by atoms with Crippen molar-refractivity contribution in [1.82, 2.24) is 20.1 Å². The molecule has 6 rings (SSSR count). The maximum Gasteiger partial charge on any atom is 0.290 e. The molecule has 1 aliphatic heterocycles. The monoisotopic (exact) mass is 571 g/mol. The molecule has 40 heavy (non-hydrogen) atoms. The molecule has 11 heteroatoms. The highest BCUT2D eigenvalue weighted by Crippen LogP contribution is 2.57. The molecule has 3 aromatic rings. The van der Waals surface area contributed by atoms with Crippen LogP contribution in [0.2, 0.25) is 5.02 Å². The summed E-state index contributed by atoms with van der Waals surface area (Å²) in [6.45, 7) is 3.09. The van der Waals surface area contributed by atoms with Crippen LogP contribution in [0, 0.1) is 0 Å². The lowest BCUT2D eigenvalue weighted by molar-refractivity contribution is -0.127. The second-order valence-electron chi connectivity index (χ2n) is 11.4. The first-order valence-corrected chi connectivity index (χ1v) is 13.6. The number of aromatic nitrogens is 3. The average Bonchev–Trinajstić information content (AvgIpc) is 3.42. The van der Waals surface area contributed by atoms with Crippen molar-refractivity contribution in [3.63, 3.8) is 0 Å². The van der Waals surface area contributed by atoms with Crippen LogP contribution >= 0.6 is 11.6 Å². The van der Waals surface area contributed by atoms with Crippen LogP contribution in [0.15, 0.2) is 42.7 Å². The zero-order valence-corrected chi connectivity index (χ0v) is 23.2. The van der Waals surface area contributed by atoms with Crippen LogP contribution in [-0.2, 0) is 36.8 Å². The Morgan fingerprint density at radius 1 is 1.18 bits per heavy atom. The number of aryl methyl sites for hydroxylation is 1. The van der Waals surface area contributed by atoms with Crippen LogP contribution in [0.25, 0.3) is 0 Å². The first kappa shape index (κ1) is 28.2. The molecular formula is C29H32ClF2N5O3. The number of amides is 1. The Labute approximate surface area is 236 Å². The summed E-state index contributed by atoms with van der Waals surface area (Å²) in [7, 11) is 1.80. The fraction of sp³-hybridized carbons (Fsp3) is 0.448. The highest BCUT2D eigenvalue weighted by molar-refractivity contribution is 6.30. The Bertz CT molecular complexity index is 1430. The summed E-state index contributed by atoms with van der Waals surface area (Å²) in [5, 5.41) is 19.0. The number of nitrogens with zero attached hydrogens (tertiary/aromatic N) is 4. The zero-order valence-electron chi connectivity index (χ0n) is 22.5. The fourth-order valence-electron chi connectivity index (χ4n) is 6.14. The molecule has 2 aliphatic carbocycles. The number of alkyl halides is 2. The Morgan fingerprint density at radius 2 is 1.90 bits per heavy atom. The topological polar surface area (TPSA) is 100 Å². The normalized spacial score (nSPS) is 19.6. The number of hydrogen-bond donors (Lipinski definition) is 2. The number of carboxylic acid groups (broad SMARTS) is 1. The summed E-state index contributed by atoms with van der Waals surface area (Å²) in [6, 6.07) is 11.3. The molecule has 1 amide bonds. The summed E-state index contributed by atoms with van der Waals surface area (Å²) in [5.74, 6) is -2.28. The van der Waals surface area contributed by atoms with Crippen LogP contribution in [0.1, 0.15) is 71.9 Å². The van der Waals surface area contributed by atoms with Crippen LogP contribution < -0.4 is 10.2 Å². The number of benzene rings is 2. The first-order valence-electron chi connectivity index (χ1n) is 13.3. The largest absolute Gasteiger partial charge is 0.483 e. The van der Waals surface area contributed by atoms with Crippen LogP contribution in [-0.4, -0.2) is 43.7 Å². The smallest absolute Gasteiger partial charge is 0.290 e. The van der Waals surface area contributed by atoms with Gasteiger partial charge in [0.05, 0.1) is 6.54 Å². The van der Waals surface area contributed by atoms with Crippen molar-refractivity contribution in [1.29, 1.82) is 0 Å². The number of hydrogen-bond acceptors (Lipinski definition) is 5.